The molecule has 2 aliphatic carbocycles. The van der Waals surface area contributed by atoms with Gasteiger partial charge in [-0.25, -0.2) is 4.68 Å². The Morgan fingerprint density at radius 3 is 2.67 bits per heavy atom. The summed E-state index contributed by atoms with van der Waals surface area (Å²) in [6.45, 7) is 4.91. The maximum absolute atomic E-state index is 13.2. The largest absolute Gasteiger partial charge is 0.321 e. The third kappa shape index (κ3) is 4.47. The Bertz CT molecular complexity index is 1140. The van der Waals surface area contributed by atoms with Crippen molar-refractivity contribution in [2.24, 2.45) is 0 Å². The van der Waals surface area contributed by atoms with Crippen molar-refractivity contribution >= 4 is 10.9 Å². The van der Waals surface area contributed by atoms with Gasteiger partial charge in [0.15, 0.2) is 5.82 Å². The number of hydrogen-bond acceptors (Lipinski definition) is 5. The Morgan fingerprint density at radius 1 is 1.15 bits per heavy atom. The van der Waals surface area contributed by atoms with Gasteiger partial charge in [-0.2, -0.15) is 0 Å². The number of aryl methyl sites for hydroxylation is 1. The summed E-state index contributed by atoms with van der Waals surface area (Å²) in [7, 11) is 0. The second-order valence-corrected chi connectivity index (χ2v) is 10.00. The van der Waals surface area contributed by atoms with Gasteiger partial charge in [-0.15, -0.1) is 5.10 Å². The summed E-state index contributed by atoms with van der Waals surface area (Å²) in [4.78, 5) is 18.9. The average molecular weight is 449 g/mol. The van der Waals surface area contributed by atoms with Crippen LogP contribution in [0.25, 0.3) is 10.9 Å². The molecule has 2 saturated carbocycles. The first kappa shape index (κ1) is 22.3. The molecular formula is C26H36N6O. The highest BCUT2D eigenvalue weighted by Crippen LogP contribution is 2.37. The van der Waals surface area contributed by atoms with Gasteiger partial charge in [-0.05, 0) is 66.5 Å². The van der Waals surface area contributed by atoms with Gasteiger partial charge in [0, 0.05) is 18.2 Å². The van der Waals surface area contributed by atoms with E-state index in [1.165, 1.54) is 38.5 Å². The molecule has 7 heteroatoms. The molecule has 3 aromatic rings. The zero-order chi connectivity index (χ0) is 22.8. The van der Waals surface area contributed by atoms with Gasteiger partial charge in [0.05, 0.1) is 17.6 Å². The van der Waals surface area contributed by atoms with Crippen molar-refractivity contribution < 1.29 is 0 Å². The number of aromatic nitrogens is 5. The van der Waals surface area contributed by atoms with E-state index in [0.29, 0.717) is 18.6 Å². The summed E-state index contributed by atoms with van der Waals surface area (Å²) in [5.74, 6) is 0.990. The van der Waals surface area contributed by atoms with E-state index in [0.717, 1.165) is 53.5 Å². The van der Waals surface area contributed by atoms with Crippen LogP contribution in [-0.2, 0) is 6.54 Å². The Kier molecular flexibility index (Phi) is 6.58. The predicted molar refractivity (Wildman–Crippen MR) is 130 cm³/mol. The molecular weight excluding hydrogens is 412 g/mol. The smallest absolute Gasteiger partial charge is 0.252 e. The van der Waals surface area contributed by atoms with Crippen LogP contribution in [0.1, 0.15) is 100 Å². The Labute approximate surface area is 195 Å². The van der Waals surface area contributed by atoms with E-state index >= 15 is 0 Å². The van der Waals surface area contributed by atoms with Gasteiger partial charge in [0.2, 0.25) is 0 Å². The molecule has 2 aromatic heterocycles. The van der Waals surface area contributed by atoms with Crippen molar-refractivity contribution in [3.63, 3.8) is 0 Å². The highest BCUT2D eigenvalue weighted by molar-refractivity contribution is 5.81. The van der Waals surface area contributed by atoms with E-state index in [4.69, 9.17) is 0 Å². The minimum atomic E-state index is 0.0189. The molecule has 7 nitrogen and oxygen atoms in total. The van der Waals surface area contributed by atoms with Crippen molar-refractivity contribution in [1.82, 2.24) is 30.1 Å². The molecule has 1 unspecified atom stereocenters. The average Bonchev–Trinajstić information content (AvgIpc) is 3.59. The first-order valence-electron chi connectivity index (χ1n) is 12.8. The zero-order valence-corrected chi connectivity index (χ0v) is 20.0. The Balaban J connectivity index is 1.53. The van der Waals surface area contributed by atoms with Crippen LogP contribution in [0.4, 0.5) is 0 Å². The van der Waals surface area contributed by atoms with Gasteiger partial charge in [-0.1, -0.05) is 57.2 Å². The fourth-order valence-electron chi connectivity index (χ4n) is 6.02. The predicted octanol–water partition coefficient (Wildman–Crippen LogP) is 5.22. The number of benzene rings is 1. The van der Waals surface area contributed by atoms with E-state index < -0.39 is 0 Å². The van der Waals surface area contributed by atoms with Crippen LogP contribution < -0.4 is 5.56 Å². The van der Waals surface area contributed by atoms with Gasteiger partial charge in [-0.3, -0.25) is 9.69 Å². The topological polar surface area (TPSA) is 79.7 Å². The summed E-state index contributed by atoms with van der Waals surface area (Å²) < 4.78 is 2.11. The zero-order valence-electron chi connectivity index (χ0n) is 20.0. The number of fused-ring (bicyclic) bond motifs is 1. The lowest BCUT2D eigenvalue weighted by atomic mass is 10.0. The van der Waals surface area contributed by atoms with Crippen LogP contribution in [0.3, 0.4) is 0 Å². The summed E-state index contributed by atoms with van der Waals surface area (Å²) >= 11 is 0. The van der Waals surface area contributed by atoms with Crippen LogP contribution in [-0.4, -0.2) is 36.1 Å². The number of pyridine rings is 1. The molecule has 0 amide bonds. The SMILES string of the molecule is CCCC(c1nnnn1C1CCCC1)N(Cc1cc2cccc(C)c2[nH]c1=O)C1CCCC1. The maximum atomic E-state index is 13.2. The number of aromatic amines is 1. The summed E-state index contributed by atoms with van der Waals surface area (Å²) in [5, 5.41) is 14.2. The summed E-state index contributed by atoms with van der Waals surface area (Å²) in [5.41, 5.74) is 2.89. The van der Waals surface area contributed by atoms with Gasteiger partial charge in [0.1, 0.15) is 0 Å². The van der Waals surface area contributed by atoms with Gasteiger partial charge in [0.25, 0.3) is 5.56 Å². The number of nitrogens with one attached hydrogen (secondary N) is 1. The lowest BCUT2D eigenvalue weighted by Gasteiger charge is -2.36. The molecule has 0 saturated heterocycles. The Hall–Kier alpha value is -2.54. The Morgan fingerprint density at radius 2 is 1.91 bits per heavy atom. The van der Waals surface area contributed by atoms with Crippen molar-refractivity contribution in [3.8, 4) is 0 Å². The number of H-pyrrole nitrogens is 1. The normalized spacial score (nSPS) is 18.6. The van der Waals surface area contributed by atoms with E-state index in [1.807, 2.05) is 13.0 Å². The molecule has 0 bridgehead atoms. The van der Waals surface area contributed by atoms with Crippen LogP contribution in [0, 0.1) is 6.92 Å². The summed E-state index contributed by atoms with van der Waals surface area (Å²) in [6.07, 6.45) is 11.7. The second kappa shape index (κ2) is 9.75. The monoisotopic (exact) mass is 448 g/mol. The van der Waals surface area contributed by atoms with E-state index in [9.17, 15) is 4.79 Å². The number of rotatable bonds is 8. The number of nitrogens with zero attached hydrogens (tertiary/aromatic N) is 5. The molecule has 176 valence electrons. The third-order valence-electron chi connectivity index (χ3n) is 7.76. The number of hydrogen-bond donors (Lipinski definition) is 1. The molecule has 0 radical (unpaired) electrons. The molecule has 0 spiro atoms. The molecule has 1 atom stereocenters. The molecule has 2 fully saturated rings. The van der Waals surface area contributed by atoms with Crippen molar-refractivity contribution in [1.29, 1.82) is 0 Å². The first-order valence-corrected chi connectivity index (χ1v) is 12.8. The fraction of sp³-hybridized carbons (Fsp3) is 0.615. The van der Waals surface area contributed by atoms with Crippen LogP contribution in [0.2, 0.25) is 0 Å². The molecule has 5 rings (SSSR count). The molecule has 2 aliphatic rings. The van der Waals surface area contributed by atoms with Crippen molar-refractivity contribution in [3.05, 3.63) is 51.6 Å². The lowest BCUT2D eigenvalue weighted by Crippen LogP contribution is -2.39. The van der Waals surface area contributed by atoms with Crippen LogP contribution in [0.5, 0.6) is 0 Å². The maximum Gasteiger partial charge on any atom is 0.252 e. The highest BCUT2D eigenvalue weighted by atomic mass is 16.1. The molecule has 1 N–H and O–H groups in total. The molecule has 33 heavy (non-hydrogen) atoms. The van der Waals surface area contributed by atoms with Crippen molar-refractivity contribution in [2.45, 2.75) is 103 Å². The van der Waals surface area contributed by atoms with Crippen LogP contribution >= 0.6 is 0 Å². The van der Waals surface area contributed by atoms with Gasteiger partial charge >= 0.3 is 0 Å². The summed E-state index contributed by atoms with van der Waals surface area (Å²) in [6, 6.07) is 9.28. The second-order valence-electron chi connectivity index (χ2n) is 10.00. The minimum Gasteiger partial charge on any atom is -0.321 e. The number of tetrazole rings is 1. The standard InChI is InChI=1S/C26H36N6O/c1-3-9-23(25-28-29-30-32(25)22-14-6-7-15-22)31(21-12-4-5-13-21)17-20-16-19-11-8-10-18(2)24(19)27-26(20)33/h8,10-11,16,21-23H,3-7,9,12-15,17H2,1-2H3,(H,27,33). The third-order valence-corrected chi connectivity index (χ3v) is 7.76. The molecule has 0 aliphatic heterocycles. The van der Waals surface area contributed by atoms with E-state index in [2.05, 4.69) is 55.2 Å². The molecule has 2 heterocycles. The van der Waals surface area contributed by atoms with Gasteiger partial charge < -0.3 is 4.98 Å². The molecule has 1 aromatic carbocycles. The number of para-hydroxylation sites is 1. The van der Waals surface area contributed by atoms with E-state index in [-0.39, 0.29) is 11.6 Å². The van der Waals surface area contributed by atoms with E-state index in [1.54, 1.807) is 0 Å². The van der Waals surface area contributed by atoms with Crippen molar-refractivity contribution in [2.75, 3.05) is 0 Å². The first-order chi connectivity index (χ1) is 16.2. The quantitative estimate of drug-likeness (QED) is 0.511. The lowest BCUT2D eigenvalue weighted by molar-refractivity contribution is 0.106. The fourth-order valence-corrected chi connectivity index (χ4v) is 6.02. The van der Waals surface area contributed by atoms with Crippen LogP contribution in [0.15, 0.2) is 29.1 Å². The minimum absolute atomic E-state index is 0.0189. The highest BCUT2D eigenvalue weighted by Gasteiger charge is 2.34.